The lowest BCUT2D eigenvalue weighted by Crippen LogP contribution is -2.30. The molecule has 1 aromatic rings. The fourth-order valence-corrected chi connectivity index (χ4v) is 3.51. The minimum atomic E-state index is -0.758. The normalized spacial score (nSPS) is 17.1. The monoisotopic (exact) mass is 282 g/mol. The molecular weight excluding hydrogens is 260 g/mol. The van der Waals surface area contributed by atoms with E-state index >= 15 is 0 Å². The third kappa shape index (κ3) is 4.20. The van der Waals surface area contributed by atoms with Crippen LogP contribution in [-0.4, -0.2) is 29.1 Å². The van der Waals surface area contributed by atoms with Crippen molar-refractivity contribution in [1.82, 2.24) is 4.98 Å². The van der Waals surface area contributed by atoms with Crippen molar-refractivity contribution in [3.8, 4) is 0 Å². The third-order valence-corrected chi connectivity index (χ3v) is 4.79. The first kappa shape index (κ1) is 14.3. The van der Waals surface area contributed by atoms with Gasteiger partial charge < -0.3 is 10.0 Å². The number of carboxylic acids is 1. The molecule has 19 heavy (non-hydrogen) atoms. The molecule has 0 saturated heterocycles. The molecule has 4 nitrogen and oxygen atoms in total. The second-order valence-electron chi connectivity index (χ2n) is 5.27. The number of carbonyl (C=O) groups is 1. The molecule has 1 aromatic heterocycles. The van der Waals surface area contributed by atoms with E-state index in [9.17, 15) is 4.79 Å². The molecule has 0 unspecified atom stereocenters. The van der Waals surface area contributed by atoms with Gasteiger partial charge in [-0.15, -0.1) is 11.3 Å². The van der Waals surface area contributed by atoms with Crippen molar-refractivity contribution in [2.75, 3.05) is 11.9 Å². The molecule has 1 heterocycles. The quantitative estimate of drug-likeness (QED) is 0.842. The van der Waals surface area contributed by atoms with E-state index in [1.807, 2.05) is 5.38 Å². The molecule has 0 spiro atoms. The number of thiazole rings is 1. The van der Waals surface area contributed by atoms with Gasteiger partial charge in [0, 0.05) is 24.9 Å². The van der Waals surface area contributed by atoms with E-state index in [1.54, 1.807) is 11.3 Å². The molecule has 5 heteroatoms. The number of aryl methyl sites for hydroxylation is 1. The Morgan fingerprint density at radius 1 is 1.42 bits per heavy atom. The maximum Gasteiger partial charge on any atom is 0.303 e. The zero-order valence-electron chi connectivity index (χ0n) is 11.5. The molecular formula is C14H22N2O2S. The Labute approximate surface area is 118 Å². The summed E-state index contributed by atoms with van der Waals surface area (Å²) in [5, 5.41) is 11.7. The van der Waals surface area contributed by atoms with E-state index in [0.29, 0.717) is 12.5 Å². The fraction of sp³-hybridized carbons (Fsp3) is 0.714. The number of anilines is 1. The lowest BCUT2D eigenvalue weighted by Gasteiger charge is -2.26. The van der Waals surface area contributed by atoms with Gasteiger partial charge in [-0.3, -0.25) is 4.79 Å². The minimum absolute atomic E-state index is 0.163. The largest absolute Gasteiger partial charge is 0.481 e. The van der Waals surface area contributed by atoms with Gasteiger partial charge in [0.25, 0.3) is 0 Å². The molecule has 0 aromatic carbocycles. The summed E-state index contributed by atoms with van der Waals surface area (Å²) in [6, 6.07) is 0.598. The van der Waals surface area contributed by atoms with Gasteiger partial charge >= 0.3 is 5.97 Å². The molecule has 0 amide bonds. The van der Waals surface area contributed by atoms with Gasteiger partial charge in [-0.05, 0) is 12.8 Å². The molecule has 1 saturated carbocycles. The van der Waals surface area contributed by atoms with Crippen molar-refractivity contribution in [3.63, 3.8) is 0 Å². The molecule has 1 N–H and O–H groups in total. The number of carboxylic acid groups (broad SMARTS) is 1. The van der Waals surface area contributed by atoms with E-state index in [2.05, 4.69) is 16.9 Å². The maximum absolute atomic E-state index is 10.6. The van der Waals surface area contributed by atoms with Gasteiger partial charge in [0.15, 0.2) is 5.13 Å². The number of aliphatic carboxylic acids is 1. The standard InChI is InChI=1S/C14H22N2O2S/c1-16(12-6-4-2-3-5-7-12)14-15-11(10-19-14)8-9-13(17)18/h10,12H,2-9H2,1H3,(H,17,18). The topological polar surface area (TPSA) is 53.4 Å². The highest BCUT2D eigenvalue weighted by atomic mass is 32.1. The predicted octanol–water partition coefficient (Wildman–Crippen LogP) is 3.32. The molecule has 0 radical (unpaired) electrons. The lowest BCUT2D eigenvalue weighted by molar-refractivity contribution is -0.136. The van der Waals surface area contributed by atoms with E-state index in [4.69, 9.17) is 5.11 Å². The van der Waals surface area contributed by atoms with Crippen LogP contribution in [0.2, 0.25) is 0 Å². The van der Waals surface area contributed by atoms with Gasteiger partial charge in [-0.1, -0.05) is 25.7 Å². The molecule has 1 aliphatic carbocycles. The summed E-state index contributed by atoms with van der Waals surface area (Å²) in [6.45, 7) is 0. The zero-order chi connectivity index (χ0) is 13.7. The van der Waals surface area contributed by atoms with Gasteiger partial charge in [0.2, 0.25) is 0 Å². The second-order valence-corrected chi connectivity index (χ2v) is 6.11. The van der Waals surface area contributed by atoms with Gasteiger partial charge in [0.05, 0.1) is 12.1 Å². The SMILES string of the molecule is CN(c1nc(CCC(=O)O)cs1)C1CCCCCC1. The molecule has 0 atom stereocenters. The van der Waals surface area contributed by atoms with Crippen molar-refractivity contribution in [3.05, 3.63) is 11.1 Å². The summed E-state index contributed by atoms with van der Waals surface area (Å²) in [7, 11) is 2.12. The molecule has 106 valence electrons. The average Bonchev–Trinajstić information content (AvgIpc) is 2.69. The average molecular weight is 282 g/mol. The summed E-state index contributed by atoms with van der Waals surface area (Å²) in [5.74, 6) is -0.758. The number of aromatic nitrogens is 1. The highest BCUT2D eigenvalue weighted by Crippen LogP contribution is 2.28. The van der Waals surface area contributed by atoms with Crippen molar-refractivity contribution < 1.29 is 9.90 Å². The highest BCUT2D eigenvalue weighted by Gasteiger charge is 2.19. The summed E-state index contributed by atoms with van der Waals surface area (Å²) >= 11 is 1.63. The highest BCUT2D eigenvalue weighted by molar-refractivity contribution is 7.13. The Morgan fingerprint density at radius 3 is 2.74 bits per heavy atom. The number of rotatable bonds is 5. The first-order valence-corrected chi connectivity index (χ1v) is 7.94. The van der Waals surface area contributed by atoms with Crippen LogP contribution < -0.4 is 4.90 Å². The maximum atomic E-state index is 10.6. The molecule has 1 aliphatic rings. The van der Waals surface area contributed by atoms with Crippen LogP contribution in [0.4, 0.5) is 5.13 Å². The zero-order valence-corrected chi connectivity index (χ0v) is 12.3. The Bertz CT molecular complexity index is 411. The first-order valence-electron chi connectivity index (χ1n) is 7.06. The van der Waals surface area contributed by atoms with Crippen LogP contribution in [0.1, 0.15) is 50.6 Å². The smallest absolute Gasteiger partial charge is 0.303 e. The summed E-state index contributed by atoms with van der Waals surface area (Å²) in [5.41, 5.74) is 0.905. The summed E-state index contributed by atoms with van der Waals surface area (Å²) in [4.78, 5) is 17.4. The number of nitrogens with zero attached hydrogens (tertiary/aromatic N) is 2. The van der Waals surface area contributed by atoms with Crippen LogP contribution in [-0.2, 0) is 11.2 Å². The Morgan fingerprint density at radius 2 is 2.11 bits per heavy atom. The van der Waals surface area contributed by atoms with Crippen LogP contribution >= 0.6 is 11.3 Å². The minimum Gasteiger partial charge on any atom is -0.481 e. The third-order valence-electron chi connectivity index (χ3n) is 3.81. The Balaban J connectivity index is 1.94. The molecule has 0 bridgehead atoms. The van der Waals surface area contributed by atoms with Crippen molar-refractivity contribution >= 4 is 22.4 Å². The lowest BCUT2D eigenvalue weighted by atomic mass is 10.1. The van der Waals surface area contributed by atoms with Gasteiger partial charge in [0.1, 0.15) is 0 Å². The van der Waals surface area contributed by atoms with Crippen LogP contribution in [0.3, 0.4) is 0 Å². The second kappa shape index (κ2) is 6.89. The van der Waals surface area contributed by atoms with Crippen LogP contribution in [0.5, 0.6) is 0 Å². The molecule has 0 aliphatic heterocycles. The first-order chi connectivity index (χ1) is 9.16. The summed E-state index contributed by atoms with van der Waals surface area (Å²) in [6.07, 6.45) is 8.53. The van der Waals surface area contributed by atoms with Gasteiger partial charge in [-0.2, -0.15) is 0 Å². The van der Waals surface area contributed by atoms with E-state index in [-0.39, 0.29) is 6.42 Å². The van der Waals surface area contributed by atoms with E-state index in [0.717, 1.165) is 10.8 Å². The Hall–Kier alpha value is -1.10. The fourth-order valence-electron chi connectivity index (χ4n) is 2.61. The van der Waals surface area contributed by atoms with E-state index in [1.165, 1.54) is 38.5 Å². The number of hydrogen-bond donors (Lipinski definition) is 1. The Kier molecular flexibility index (Phi) is 5.19. The van der Waals surface area contributed by atoms with Crippen LogP contribution in [0.25, 0.3) is 0 Å². The van der Waals surface area contributed by atoms with Crippen molar-refractivity contribution in [2.45, 2.75) is 57.4 Å². The predicted molar refractivity (Wildman–Crippen MR) is 78.0 cm³/mol. The van der Waals surface area contributed by atoms with Crippen LogP contribution in [0, 0.1) is 0 Å². The van der Waals surface area contributed by atoms with E-state index < -0.39 is 5.97 Å². The molecule has 2 rings (SSSR count). The number of hydrogen-bond acceptors (Lipinski definition) is 4. The van der Waals surface area contributed by atoms with Gasteiger partial charge in [-0.25, -0.2) is 4.98 Å². The molecule has 1 fully saturated rings. The van der Waals surface area contributed by atoms with Crippen LogP contribution in [0.15, 0.2) is 5.38 Å². The van der Waals surface area contributed by atoms with Crippen molar-refractivity contribution in [2.24, 2.45) is 0 Å². The summed E-state index contributed by atoms with van der Waals surface area (Å²) < 4.78 is 0. The van der Waals surface area contributed by atoms with Crippen molar-refractivity contribution in [1.29, 1.82) is 0 Å².